The van der Waals surface area contributed by atoms with Crippen LogP contribution < -0.4 is 4.74 Å². The summed E-state index contributed by atoms with van der Waals surface area (Å²) in [6, 6.07) is 6.84. The second-order valence-electron chi connectivity index (χ2n) is 5.93. The highest BCUT2D eigenvalue weighted by Crippen LogP contribution is 2.22. The zero-order valence-corrected chi connectivity index (χ0v) is 12.5. The van der Waals surface area contributed by atoms with Crippen LogP contribution in [-0.2, 0) is 9.53 Å². The van der Waals surface area contributed by atoms with Crippen molar-refractivity contribution in [1.29, 1.82) is 0 Å². The minimum absolute atomic E-state index is 0.425. The lowest BCUT2D eigenvalue weighted by Gasteiger charge is -2.29. The average molecular weight is 279 g/mol. The SMILES string of the molecule is CC(C)(C)OC(=O)C(C)(C)Oc1ccc(/C=N/O)cc1. The topological polar surface area (TPSA) is 68.1 Å². The molecule has 0 spiro atoms. The van der Waals surface area contributed by atoms with Gasteiger partial charge >= 0.3 is 5.97 Å². The van der Waals surface area contributed by atoms with Crippen LogP contribution in [0.25, 0.3) is 0 Å². The lowest BCUT2D eigenvalue weighted by Crippen LogP contribution is -2.43. The van der Waals surface area contributed by atoms with E-state index in [1.165, 1.54) is 6.21 Å². The molecule has 5 nitrogen and oxygen atoms in total. The fourth-order valence-electron chi connectivity index (χ4n) is 1.43. The summed E-state index contributed by atoms with van der Waals surface area (Å²) in [5.74, 6) is 0.113. The Labute approximate surface area is 119 Å². The summed E-state index contributed by atoms with van der Waals surface area (Å²) in [5, 5.41) is 11.4. The van der Waals surface area contributed by atoms with Gasteiger partial charge in [-0.15, -0.1) is 0 Å². The van der Waals surface area contributed by atoms with Crippen LogP contribution in [0.15, 0.2) is 29.4 Å². The van der Waals surface area contributed by atoms with Gasteiger partial charge in [0.15, 0.2) is 5.60 Å². The van der Waals surface area contributed by atoms with E-state index in [-0.39, 0.29) is 0 Å². The van der Waals surface area contributed by atoms with Crippen molar-refractivity contribution < 1.29 is 19.5 Å². The van der Waals surface area contributed by atoms with E-state index in [4.69, 9.17) is 14.7 Å². The molecule has 5 heteroatoms. The fraction of sp³-hybridized carbons (Fsp3) is 0.467. The van der Waals surface area contributed by atoms with E-state index in [0.29, 0.717) is 5.75 Å². The summed E-state index contributed by atoms with van der Waals surface area (Å²) < 4.78 is 11.0. The van der Waals surface area contributed by atoms with Crippen LogP contribution in [0.2, 0.25) is 0 Å². The third-order valence-electron chi connectivity index (χ3n) is 2.35. The van der Waals surface area contributed by atoms with Crippen molar-refractivity contribution in [2.75, 3.05) is 0 Å². The average Bonchev–Trinajstić information content (AvgIpc) is 2.29. The van der Waals surface area contributed by atoms with Crippen LogP contribution in [0, 0.1) is 0 Å². The predicted octanol–water partition coefficient (Wildman–Crippen LogP) is 2.99. The summed E-state index contributed by atoms with van der Waals surface area (Å²) in [6.45, 7) is 8.74. The van der Waals surface area contributed by atoms with E-state index < -0.39 is 17.2 Å². The van der Waals surface area contributed by atoms with Crippen LogP contribution >= 0.6 is 0 Å². The lowest BCUT2D eigenvalue weighted by atomic mass is 10.1. The number of oxime groups is 1. The minimum Gasteiger partial charge on any atom is -0.476 e. The largest absolute Gasteiger partial charge is 0.476 e. The van der Waals surface area contributed by atoms with Gasteiger partial charge in [0.2, 0.25) is 0 Å². The second kappa shape index (κ2) is 5.94. The summed E-state index contributed by atoms with van der Waals surface area (Å²) in [4.78, 5) is 12.1. The van der Waals surface area contributed by atoms with Gasteiger partial charge in [-0.25, -0.2) is 4.79 Å². The Morgan fingerprint density at radius 2 is 1.70 bits per heavy atom. The molecule has 0 saturated carbocycles. The molecule has 0 heterocycles. The smallest absolute Gasteiger partial charge is 0.350 e. The Hall–Kier alpha value is -2.04. The monoisotopic (exact) mass is 279 g/mol. The van der Waals surface area contributed by atoms with Gasteiger partial charge in [-0.1, -0.05) is 5.16 Å². The van der Waals surface area contributed by atoms with Gasteiger partial charge < -0.3 is 14.7 Å². The molecule has 1 aromatic carbocycles. The van der Waals surface area contributed by atoms with Gasteiger partial charge in [0.1, 0.15) is 11.4 Å². The molecule has 0 atom stereocenters. The Bertz CT molecular complexity index is 484. The van der Waals surface area contributed by atoms with Gasteiger partial charge in [0.25, 0.3) is 0 Å². The predicted molar refractivity (Wildman–Crippen MR) is 76.4 cm³/mol. The maximum absolute atomic E-state index is 12.1. The first-order chi connectivity index (χ1) is 9.14. The highest BCUT2D eigenvalue weighted by Gasteiger charge is 2.34. The summed E-state index contributed by atoms with van der Waals surface area (Å²) in [5.41, 5.74) is -0.908. The number of hydrogen-bond donors (Lipinski definition) is 1. The zero-order chi connectivity index (χ0) is 15.4. The number of carbonyl (C=O) groups excluding carboxylic acids is 1. The highest BCUT2D eigenvalue weighted by molar-refractivity contribution is 5.80. The molecule has 0 unspecified atom stereocenters. The van der Waals surface area contributed by atoms with Crippen molar-refractivity contribution in [1.82, 2.24) is 0 Å². The van der Waals surface area contributed by atoms with Gasteiger partial charge in [0, 0.05) is 0 Å². The molecule has 1 aromatic rings. The number of nitrogens with zero attached hydrogens (tertiary/aromatic N) is 1. The maximum atomic E-state index is 12.1. The molecule has 110 valence electrons. The molecule has 1 N–H and O–H groups in total. The molecular formula is C15H21NO4. The number of rotatable bonds is 4. The van der Waals surface area contributed by atoms with Crippen LogP contribution in [0.5, 0.6) is 5.75 Å². The Kier molecular flexibility index (Phi) is 4.76. The first kappa shape index (κ1) is 16.0. The van der Waals surface area contributed by atoms with Crippen molar-refractivity contribution in [3.8, 4) is 5.75 Å². The molecule has 0 saturated heterocycles. The fourth-order valence-corrected chi connectivity index (χ4v) is 1.43. The Morgan fingerprint density at radius 1 is 1.15 bits per heavy atom. The number of hydrogen-bond acceptors (Lipinski definition) is 5. The van der Waals surface area contributed by atoms with E-state index in [1.54, 1.807) is 38.1 Å². The van der Waals surface area contributed by atoms with Crippen molar-refractivity contribution in [3.05, 3.63) is 29.8 Å². The van der Waals surface area contributed by atoms with E-state index in [1.807, 2.05) is 20.8 Å². The van der Waals surface area contributed by atoms with Crippen molar-refractivity contribution in [3.63, 3.8) is 0 Å². The molecule has 0 aliphatic heterocycles. The second-order valence-corrected chi connectivity index (χ2v) is 5.93. The van der Waals surface area contributed by atoms with Gasteiger partial charge in [-0.3, -0.25) is 0 Å². The molecule has 20 heavy (non-hydrogen) atoms. The third kappa shape index (κ3) is 4.91. The van der Waals surface area contributed by atoms with Gasteiger partial charge in [0.05, 0.1) is 6.21 Å². The van der Waals surface area contributed by atoms with Crippen molar-refractivity contribution >= 4 is 12.2 Å². The van der Waals surface area contributed by atoms with E-state index in [0.717, 1.165) is 5.56 Å². The Morgan fingerprint density at radius 3 is 2.15 bits per heavy atom. The molecule has 0 aromatic heterocycles. The van der Waals surface area contributed by atoms with Crippen molar-refractivity contribution in [2.24, 2.45) is 5.16 Å². The van der Waals surface area contributed by atoms with Gasteiger partial charge in [-0.05, 0) is 64.4 Å². The van der Waals surface area contributed by atoms with E-state index in [2.05, 4.69) is 5.16 Å². The molecule has 0 radical (unpaired) electrons. The zero-order valence-electron chi connectivity index (χ0n) is 12.5. The molecule has 0 aliphatic rings. The van der Waals surface area contributed by atoms with Crippen LogP contribution in [0.3, 0.4) is 0 Å². The first-order valence-corrected chi connectivity index (χ1v) is 6.34. The third-order valence-corrected chi connectivity index (χ3v) is 2.35. The first-order valence-electron chi connectivity index (χ1n) is 6.34. The molecule has 0 amide bonds. The summed E-state index contributed by atoms with van der Waals surface area (Å²) in [6.07, 6.45) is 1.31. The van der Waals surface area contributed by atoms with Gasteiger partial charge in [-0.2, -0.15) is 0 Å². The van der Waals surface area contributed by atoms with E-state index >= 15 is 0 Å². The number of carbonyl (C=O) groups is 1. The highest BCUT2D eigenvalue weighted by atomic mass is 16.6. The van der Waals surface area contributed by atoms with Crippen molar-refractivity contribution in [2.45, 2.75) is 45.8 Å². The number of benzene rings is 1. The molecule has 0 bridgehead atoms. The lowest BCUT2D eigenvalue weighted by molar-refractivity contribution is -0.170. The Balaban J connectivity index is 2.77. The number of esters is 1. The normalized spacial score (nSPS) is 12.4. The van der Waals surface area contributed by atoms with E-state index in [9.17, 15) is 4.79 Å². The quantitative estimate of drug-likeness (QED) is 0.398. The molecule has 0 fully saturated rings. The molecule has 1 rings (SSSR count). The summed E-state index contributed by atoms with van der Waals surface area (Å²) in [7, 11) is 0. The number of ether oxygens (including phenoxy) is 2. The summed E-state index contributed by atoms with van der Waals surface area (Å²) >= 11 is 0. The van der Waals surface area contributed by atoms with Crippen LogP contribution in [0.1, 0.15) is 40.2 Å². The van der Waals surface area contributed by atoms with Crippen LogP contribution in [-0.4, -0.2) is 28.6 Å². The minimum atomic E-state index is -1.08. The standard InChI is InChI=1S/C15H21NO4/c1-14(2,3)20-13(17)15(4,5)19-12-8-6-11(7-9-12)10-16-18/h6-10,18H,1-5H3/b16-10+. The molecular weight excluding hydrogens is 258 g/mol. The maximum Gasteiger partial charge on any atom is 0.350 e. The van der Waals surface area contributed by atoms with Crippen LogP contribution in [0.4, 0.5) is 0 Å². The molecule has 0 aliphatic carbocycles.